The van der Waals surface area contributed by atoms with Gasteiger partial charge in [0.05, 0.1) is 13.2 Å². The van der Waals surface area contributed by atoms with E-state index in [0.29, 0.717) is 6.54 Å². The number of benzene rings is 2. The van der Waals surface area contributed by atoms with E-state index in [1.54, 1.807) is 7.11 Å². The first kappa shape index (κ1) is 21.2. The van der Waals surface area contributed by atoms with Crippen LogP contribution < -0.4 is 14.8 Å². The molecule has 1 atom stereocenters. The lowest BCUT2D eigenvalue weighted by Crippen LogP contribution is -2.41. The molecule has 1 fully saturated rings. The first-order valence-electron chi connectivity index (χ1n) is 10.4. The quantitative estimate of drug-likeness (QED) is 0.732. The van der Waals surface area contributed by atoms with Crippen molar-refractivity contribution < 1.29 is 14.3 Å². The molecule has 0 bridgehead atoms. The summed E-state index contributed by atoms with van der Waals surface area (Å²) in [5, 5.41) is 3.07. The number of hydrogen-bond donors (Lipinski definition) is 1. The van der Waals surface area contributed by atoms with E-state index >= 15 is 0 Å². The van der Waals surface area contributed by atoms with Gasteiger partial charge < -0.3 is 14.8 Å². The van der Waals surface area contributed by atoms with E-state index < -0.39 is 0 Å². The average Bonchev–Trinajstić information content (AvgIpc) is 2.76. The van der Waals surface area contributed by atoms with E-state index in [1.165, 1.54) is 30.4 Å². The van der Waals surface area contributed by atoms with Crippen LogP contribution in [0.2, 0.25) is 0 Å². The van der Waals surface area contributed by atoms with E-state index in [4.69, 9.17) is 9.47 Å². The Morgan fingerprint density at radius 3 is 2.34 bits per heavy atom. The fourth-order valence-corrected chi connectivity index (χ4v) is 3.73. The van der Waals surface area contributed by atoms with Gasteiger partial charge in [0.25, 0.3) is 5.91 Å². The molecule has 0 aliphatic carbocycles. The largest absolute Gasteiger partial charge is 0.497 e. The number of amides is 1. The molecular weight excluding hydrogens is 364 g/mol. The highest BCUT2D eigenvalue weighted by Gasteiger charge is 2.23. The lowest BCUT2D eigenvalue weighted by molar-refractivity contribution is -0.123. The zero-order chi connectivity index (χ0) is 20.6. The molecule has 1 heterocycles. The van der Waals surface area contributed by atoms with Crippen molar-refractivity contribution in [3.8, 4) is 11.5 Å². The first-order valence-corrected chi connectivity index (χ1v) is 10.4. The summed E-state index contributed by atoms with van der Waals surface area (Å²) in [5.41, 5.74) is 3.57. The Kier molecular flexibility index (Phi) is 7.53. The lowest BCUT2D eigenvalue weighted by atomic mass is 10.0. The standard InChI is InChI=1S/C24H32N2O3/c1-18-7-10-22(15-19(18)2)29-17-24(27)25-16-23(26-13-5-4-6-14-26)20-8-11-21(28-3)12-9-20/h7-12,15,23H,4-6,13-14,16-17H2,1-3H3,(H,25,27). The molecule has 5 nitrogen and oxygen atoms in total. The summed E-state index contributed by atoms with van der Waals surface area (Å²) < 4.78 is 11.0. The summed E-state index contributed by atoms with van der Waals surface area (Å²) in [6.07, 6.45) is 3.69. The molecule has 29 heavy (non-hydrogen) atoms. The summed E-state index contributed by atoms with van der Waals surface area (Å²) >= 11 is 0. The van der Waals surface area contributed by atoms with Gasteiger partial charge in [0.2, 0.25) is 0 Å². The van der Waals surface area contributed by atoms with Gasteiger partial charge in [-0.1, -0.05) is 24.6 Å². The average molecular weight is 397 g/mol. The van der Waals surface area contributed by atoms with Crippen LogP contribution in [-0.2, 0) is 4.79 Å². The number of rotatable bonds is 8. The van der Waals surface area contributed by atoms with Gasteiger partial charge in [-0.15, -0.1) is 0 Å². The number of carbonyl (C=O) groups excluding carboxylic acids is 1. The van der Waals surface area contributed by atoms with E-state index in [1.807, 2.05) is 37.3 Å². The second-order valence-electron chi connectivity index (χ2n) is 7.72. The lowest BCUT2D eigenvalue weighted by Gasteiger charge is -2.35. The zero-order valence-electron chi connectivity index (χ0n) is 17.7. The molecule has 156 valence electrons. The molecule has 0 spiro atoms. The van der Waals surface area contributed by atoms with Crippen LogP contribution in [0.5, 0.6) is 11.5 Å². The maximum atomic E-state index is 12.4. The van der Waals surface area contributed by atoms with E-state index in [9.17, 15) is 4.79 Å². The third-order valence-corrected chi connectivity index (χ3v) is 5.67. The highest BCUT2D eigenvalue weighted by molar-refractivity contribution is 5.77. The number of nitrogens with zero attached hydrogens (tertiary/aromatic N) is 1. The Balaban J connectivity index is 1.59. The topological polar surface area (TPSA) is 50.8 Å². The predicted molar refractivity (Wildman–Crippen MR) is 116 cm³/mol. The monoisotopic (exact) mass is 396 g/mol. The maximum Gasteiger partial charge on any atom is 0.258 e. The molecule has 2 aromatic rings. The molecule has 0 aromatic heterocycles. The van der Waals surface area contributed by atoms with E-state index in [-0.39, 0.29) is 18.6 Å². The minimum Gasteiger partial charge on any atom is -0.497 e. The molecule has 3 rings (SSSR count). The van der Waals surface area contributed by atoms with Crippen molar-refractivity contribution in [1.29, 1.82) is 0 Å². The van der Waals surface area contributed by atoms with E-state index in [2.05, 4.69) is 29.3 Å². The Labute approximate surface area is 174 Å². The number of aryl methyl sites for hydroxylation is 2. The normalized spacial score (nSPS) is 15.6. The van der Waals surface area contributed by atoms with Crippen LogP contribution in [0.4, 0.5) is 0 Å². The Bertz CT molecular complexity index is 798. The van der Waals surface area contributed by atoms with Crippen LogP contribution in [-0.4, -0.2) is 44.2 Å². The Morgan fingerprint density at radius 1 is 1.00 bits per heavy atom. The molecule has 1 unspecified atom stereocenters. The molecule has 0 saturated carbocycles. The Hall–Kier alpha value is -2.53. The smallest absolute Gasteiger partial charge is 0.258 e. The molecule has 1 N–H and O–H groups in total. The van der Waals surface area contributed by atoms with Crippen molar-refractivity contribution in [3.63, 3.8) is 0 Å². The molecular formula is C24H32N2O3. The molecule has 0 radical (unpaired) electrons. The first-order chi connectivity index (χ1) is 14.1. The number of carbonyl (C=O) groups is 1. The minimum atomic E-state index is -0.0984. The van der Waals surface area contributed by atoms with Gasteiger partial charge in [-0.05, 0) is 80.7 Å². The van der Waals surface area contributed by atoms with Gasteiger partial charge in [-0.3, -0.25) is 9.69 Å². The molecule has 1 aliphatic heterocycles. The summed E-state index contributed by atoms with van der Waals surface area (Å²) in [6, 6.07) is 14.2. The molecule has 1 saturated heterocycles. The van der Waals surface area contributed by atoms with Gasteiger partial charge in [0.1, 0.15) is 11.5 Å². The minimum absolute atomic E-state index is 0.0256. The van der Waals surface area contributed by atoms with Crippen LogP contribution >= 0.6 is 0 Å². The second kappa shape index (κ2) is 10.3. The third kappa shape index (κ3) is 5.97. The second-order valence-corrected chi connectivity index (χ2v) is 7.72. The van der Waals surface area contributed by atoms with Crippen LogP contribution in [0.15, 0.2) is 42.5 Å². The number of nitrogens with one attached hydrogen (secondary N) is 1. The van der Waals surface area contributed by atoms with Crippen molar-refractivity contribution in [2.24, 2.45) is 0 Å². The number of methoxy groups -OCH3 is 1. The van der Waals surface area contributed by atoms with Crippen molar-refractivity contribution in [2.75, 3.05) is 33.4 Å². The highest BCUT2D eigenvalue weighted by atomic mass is 16.5. The van der Waals surface area contributed by atoms with Gasteiger partial charge >= 0.3 is 0 Å². The van der Waals surface area contributed by atoms with Gasteiger partial charge in [-0.2, -0.15) is 0 Å². The fourth-order valence-electron chi connectivity index (χ4n) is 3.73. The Morgan fingerprint density at radius 2 is 1.69 bits per heavy atom. The fraction of sp³-hybridized carbons (Fsp3) is 0.458. The van der Waals surface area contributed by atoms with Crippen molar-refractivity contribution in [2.45, 2.75) is 39.2 Å². The molecule has 1 aliphatic rings. The van der Waals surface area contributed by atoms with Gasteiger partial charge in [0.15, 0.2) is 6.61 Å². The molecule has 1 amide bonds. The van der Waals surface area contributed by atoms with Crippen LogP contribution in [0.3, 0.4) is 0 Å². The maximum absolute atomic E-state index is 12.4. The van der Waals surface area contributed by atoms with Gasteiger partial charge in [-0.25, -0.2) is 0 Å². The summed E-state index contributed by atoms with van der Waals surface area (Å²) in [6.45, 7) is 6.82. The van der Waals surface area contributed by atoms with E-state index in [0.717, 1.165) is 30.2 Å². The number of ether oxygens (including phenoxy) is 2. The number of piperidine rings is 1. The van der Waals surface area contributed by atoms with Gasteiger partial charge in [0, 0.05) is 6.54 Å². The van der Waals surface area contributed by atoms with Crippen molar-refractivity contribution in [3.05, 3.63) is 59.2 Å². The number of likely N-dealkylation sites (tertiary alicyclic amines) is 1. The third-order valence-electron chi connectivity index (χ3n) is 5.67. The van der Waals surface area contributed by atoms with Crippen molar-refractivity contribution >= 4 is 5.91 Å². The molecule has 2 aromatic carbocycles. The SMILES string of the molecule is COc1ccc(C(CNC(=O)COc2ccc(C)c(C)c2)N2CCCCC2)cc1. The number of hydrogen-bond acceptors (Lipinski definition) is 4. The highest BCUT2D eigenvalue weighted by Crippen LogP contribution is 2.26. The van der Waals surface area contributed by atoms with Crippen LogP contribution in [0.1, 0.15) is 42.0 Å². The summed E-state index contributed by atoms with van der Waals surface area (Å²) in [5.74, 6) is 1.47. The van der Waals surface area contributed by atoms with Crippen LogP contribution in [0, 0.1) is 13.8 Å². The zero-order valence-corrected chi connectivity index (χ0v) is 17.7. The molecule has 5 heteroatoms. The predicted octanol–water partition coefficient (Wildman–Crippen LogP) is 4.03. The summed E-state index contributed by atoms with van der Waals surface area (Å²) in [7, 11) is 1.67. The van der Waals surface area contributed by atoms with Crippen molar-refractivity contribution in [1.82, 2.24) is 10.2 Å². The summed E-state index contributed by atoms with van der Waals surface area (Å²) in [4.78, 5) is 14.9. The van der Waals surface area contributed by atoms with Crippen LogP contribution in [0.25, 0.3) is 0 Å².